The molecule has 0 N–H and O–H groups in total. The fourth-order valence-corrected chi connectivity index (χ4v) is 2.76. The fourth-order valence-electron chi connectivity index (χ4n) is 2.62. The maximum absolute atomic E-state index is 12.2. The zero-order chi connectivity index (χ0) is 17.0. The number of alkyl halides is 1. The van der Waals surface area contributed by atoms with E-state index in [2.05, 4.69) is 0 Å². The largest absolute Gasteiger partial charge is 0.484 e. The Kier molecular flexibility index (Phi) is 5.88. The van der Waals surface area contributed by atoms with Gasteiger partial charge in [0.05, 0.1) is 0 Å². The van der Waals surface area contributed by atoms with Crippen LogP contribution in [0.4, 0.5) is 0 Å². The summed E-state index contributed by atoms with van der Waals surface area (Å²) >= 11 is 5.81. The van der Waals surface area contributed by atoms with Crippen LogP contribution in [-0.4, -0.2) is 59.8 Å². The molecule has 0 aliphatic carbocycles. The molecule has 1 aromatic carbocycles. The molecular weight excluding hydrogens is 316 g/mol. The van der Waals surface area contributed by atoms with Crippen LogP contribution in [0, 0.1) is 13.8 Å². The van der Waals surface area contributed by atoms with Crippen LogP contribution in [0.15, 0.2) is 18.2 Å². The summed E-state index contributed by atoms with van der Waals surface area (Å²) in [5, 5.41) is -0.523. The smallest absolute Gasteiger partial charge is 0.260 e. The number of carbonyl (C=O) groups is 2. The van der Waals surface area contributed by atoms with Gasteiger partial charge in [0.2, 0.25) is 5.91 Å². The molecule has 23 heavy (non-hydrogen) atoms. The number of aryl methyl sites for hydroxylation is 2. The zero-order valence-electron chi connectivity index (χ0n) is 13.8. The molecule has 6 heteroatoms. The molecule has 2 amide bonds. The molecule has 1 aliphatic heterocycles. The van der Waals surface area contributed by atoms with Crippen LogP contribution in [0.1, 0.15) is 18.1 Å². The number of piperazine rings is 1. The Balaban J connectivity index is 1.82. The van der Waals surface area contributed by atoms with Crippen molar-refractivity contribution in [2.45, 2.75) is 26.1 Å². The van der Waals surface area contributed by atoms with Crippen molar-refractivity contribution >= 4 is 23.4 Å². The van der Waals surface area contributed by atoms with Crippen molar-refractivity contribution in [1.29, 1.82) is 0 Å². The summed E-state index contributed by atoms with van der Waals surface area (Å²) < 4.78 is 5.63. The molecule has 0 saturated carbocycles. The second-order valence-corrected chi connectivity index (χ2v) is 6.53. The first-order valence-electron chi connectivity index (χ1n) is 7.79. The number of amides is 2. The van der Waals surface area contributed by atoms with Crippen molar-refractivity contribution in [2.24, 2.45) is 0 Å². The van der Waals surface area contributed by atoms with E-state index in [0.29, 0.717) is 26.2 Å². The molecular formula is C17H23ClN2O3. The number of hydrogen-bond donors (Lipinski definition) is 0. The molecule has 0 bridgehead atoms. The van der Waals surface area contributed by atoms with Crippen LogP contribution < -0.4 is 4.74 Å². The van der Waals surface area contributed by atoms with E-state index in [1.807, 2.05) is 32.0 Å². The third kappa shape index (κ3) is 4.61. The Morgan fingerprint density at radius 3 is 2.35 bits per heavy atom. The topological polar surface area (TPSA) is 49.9 Å². The molecule has 2 rings (SSSR count). The number of halogens is 1. The molecule has 126 valence electrons. The van der Waals surface area contributed by atoms with E-state index in [1.165, 1.54) is 0 Å². The SMILES string of the molecule is Cc1ccc(OCC(=O)N2CCN(C(=O)C(C)Cl)CC2)c(C)c1. The van der Waals surface area contributed by atoms with Crippen LogP contribution in [0.3, 0.4) is 0 Å². The van der Waals surface area contributed by atoms with Gasteiger partial charge in [0, 0.05) is 26.2 Å². The van der Waals surface area contributed by atoms with Crippen LogP contribution in [0.5, 0.6) is 5.75 Å². The van der Waals surface area contributed by atoms with Gasteiger partial charge < -0.3 is 14.5 Å². The molecule has 1 aromatic rings. The van der Waals surface area contributed by atoms with Gasteiger partial charge in [0.1, 0.15) is 11.1 Å². The normalized spacial score (nSPS) is 16.2. The van der Waals surface area contributed by atoms with Gasteiger partial charge in [-0.05, 0) is 32.4 Å². The van der Waals surface area contributed by atoms with E-state index in [9.17, 15) is 9.59 Å². The molecule has 0 aromatic heterocycles. The Hall–Kier alpha value is -1.75. The van der Waals surface area contributed by atoms with Gasteiger partial charge in [-0.3, -0.25) is 9.59 Å². The standard InChI is InChI=1S/C17H23ClN2O3/c1-12-4-5-15(13(2)10-12)23-11-16(21)19-6-8-20(9-7-19)17(22)14(3)18/h4-5,10,14H,6-9,11H2,1-3H3. The van der Waals surface area contributed by atoms with Crippen molar-refractivity contribution in [3.63, 3.8) is 0 Å². The average Bonchev–Trinajstić information content (AvgIpc) is 2.53. The minimum Gasteiger partial charge on any atom is -0.484 e. The van der Waals surface area contributed by atoms with Gasteiger partial charge in [-0.25, -0.2) is 0 Å². The lowest BCUT2D eigenvalue weighted by Gasteiger charge is -2.35. The lowest BCUT2D eigenvalue weighted by atomic mass is 10.1. The number of benzene rings is 1. The second kappa shape index (κ2) is 7.68. The molecule has 5 nitrogen and oxygen atoms in total. The maximum atomic E-state index is 12.2. The number of nitrogens with zero attached hydrogens (tertiary/aromatic N) is 2. The molecule has 1 aliphatic rings. The Morgan fingerprint density at radius 1 is 1.17 bits per heavy atom. The Morgan fingerprint density at radius 2 is 1.78 bits per heavy atom. The molecule has 1 atom stereocenters. The number of hydrogen-bond acceptors (Lipinski definition) is 3. The van der Waals surface area contributed by atoms with Crippen LogP contribution in [0.2, 0.25) is 0 Å². The van der Waals surface area contributed by atoms with Gasteiger partial charge in [0.15, 0.2) is 6.61 Å². The highest BCUT2D eigenvalue weighted by molar-refractivity contribution is 6.30. The highest BCUT2D eigenvalue weighted by Crippen LogP contribution is 2.18. The van der Waals surface area contributed by atoms with Gasteiger partial charge >= 0.3 is 0 Å². The highest BCUT2D eigenvalue weighted by Gasteiger charge is 2.26. The minimum atomic E-state index is -0.523. The van der Waals surface area contributed by atoms with Crippen LogP contribution in [0.25, 0.3) is 0 Å². The van der Waals surface area contributed by atoms with E-state index in [4.69, 9.17) is 16.3 Å². The zero-order valence-corrected chi connectivity index (χ0v) is 14.6. The molecule has 1 fully saturated rings. The summed E-state index contributed by atoms with van der Waals surface area (Å²) in [4.78, 5) is 27.5. The summed E-state index contributed by atoms with van der Waals surface area (Å²) in [6.07, 6.45) is 0. The Labute approximate surface area is 142 Å². The quantitative estimate of drug-likeness (QED) is 0.789. The third-order valence-corrected chi connectivity index (χ3v) is 4.15. The molecule has 0 radical (unpaired) electrons. The fraction of sp³-hybridized carbons (Fsp3) is 0.529. The summed E-state index contributed by atoms with van der Waals surface area (Å²) in [5.41, 5.74) is 2.18. The first kappa shape index (κ1) is 17.6. The number of rotatable bonds is 4. The van der Waals surface area contributed by atoms with Crippen LogP contribution in [-0.2, 0) is 9.59 Å². The predicted molar refractivity (Wildman–Crippen MR) is 89.9 cm³/mol. The van der Waals surface area contributed by atoms with Gasteiger partial charge in [0.25, 0.3) is 5.91 Å². The molecule has 0 spiro atoms. The lowest BCUT2D eigenvalue weighted by Crippen LogP contribution is -2.52. The van der Waals surface area contributed by atoms with Crippen molar-refractivity contribution in [2.75, 3.05) is 32.8 Å². The monoisotopic (exact) mass is 338 g/mol. The minimum absolute atomic E-state index is 0.0176. The summed E-state index contributed by atoms with van der Waals surface area (Å²) in [6, 6.07) is 5.87. The van der Waals surface area contributed by atoms with E-state index in [0.717, 1.165) is 16.9 Å². The van der Waals surface area contributed by atoms with Gasteiger partial charge in [-0.15, -0.1) is 11.6 Å². The highest BCUT2D eigenvalue weighted by atomic mass is 35.5. The summed E-state index contributed by atoms with van der Waals surface area (Å²) in [6.45, 7) is 7.74. The Bertz CT molecular complexity index is 581. The number of ether oxygens (including phenoxy) is 1. The van der Waals surface area contributed by atoms with E-state index in [-0.39, 0.29) is 18.4 Å². The van der Waals surface area contributed by atoms with Crippen molar-refractivity contribution in [3.8, 4) is 5.75 Å². The molecule has 1 saturated heterocycles. The lowest BCUT2D eigenvalue weighted by molar-refractivity contribution is -0.140. The van der Waals surface area contributed by atoms with E-state index >= 15 is 0 Å². The first-order valence-corrected chi connectivity index (χ1v) is 8.23. The van der Waals surface area contributed by atoms with E-state index < -0.39 is 5.38 Å². The maximum Gasteiger partial charge on any atom is 0.260 e. The van der Waals surface area contributed by atoms with E-state index in [1.54, 1.807) is 16.7 Å². The molecule has 1 unspecified atom stereocenters. The van der Waals surface area contributed by atoms with Crippen molar-refractivity contribution in [1.82, 2.24) is 9.80 Å². The van der Waals surface area contributed by atoms with Crippen molar-refractivity contribution in [3.05, 3.63) is 29.3 Å². The van der Waals surface area contributed by atoms with Crippen LogP contribution >= 0.6 is 11.6 Å². The molecule has 1 heterocycles. The third-order valence-electron chi connectivity index (χ3n) is 3.97. The summed E-state index contributed by atoms with van der Waals surface area (Å²) in [5.74, 6) is 0.593. The van der Waals surface area contributed by atoms with Gasteiger partial charge in [-0.1, -0.05) is 17.7 Å². The predicted octanol–water partition coefficient (Wildman–Crippen LogP) is 1.98. The number of carbonyl (C=O) groups excluding carboxylic acids is 2. The van der Waals surface area contributed by atoms with Crippen molar-refractivity contribution < 1.29 is 14.3 Å². The second-order valence-electron chi connectivity index (χ2n) is 5.88. The van der Waals surface area contributed by atoms with Gasteiger partial charge in [-0.2, -0.15) is 0 Å². The first-order chi connectivity index (χ1) is 10.9. The summed E-state index contributed by atoms with van der Waals surface area (Å²) in [7, 11) is 0. The average molecular weight is 339 g/mol.